The molecule has 3 rings (SSSR count). The quantitative estimate of drug-likeness (QED) is 0.499. The number of amides is 1. The number of Topliss-reactive ketones (excluding diaryl/α,β-unsaturated/α-hetero) is 1. The Kier molecular flexibility index (Phi) is 6.60. The lowest BCUT2D eigenvalue weighted by Crippen LogP contribution is -2.48. The molecular formula is C23H31NO5. The third kappa shape index (κ3) is 6.87. The fourth-order valence-corrected chi connectivity index (χ4v) is 3.80. The molecule has 1 amide bonds. The summed E-state index contributed by atoms with van der Waals surface area (Å²) in [6.45, 7) is 5.44. The van der Waals surface area contributed by atoms with E-state index >= 15 is 0 Å². The summed E-state index contributed by atoms with van der Waals surface area (Å²) in [4.78, 5) is 37.6. The van der Waals surface area contributed by atoms with E-state index in [9.17, 15) is 14.4 Å². The smallest absolute Gasteiger partial charge is 0.408 e. The van der Waals surface area contributed by atoms with Crippen LogP contribution in [0.3, 0.4) is 0 Å². The van der Waals surface area contributed by atoms with Crippen LogP contribution < -0.4 is 5.32 Å². The Bertz CT molecular complexity index is 719. The van der Waals surface area contributed by atoms with Crippen molar-refractivity contribution in [2.45, 2.75) is 71.1 Å². The number of rotatable bonds is 9. The molecule has 2 saturated carbocycles. The molecule has 29 heavy (non-hydrogen) atoms. The Morgan fingerprint density at radius 1 is 1.03 bits per heavy atom. The molecule has 2 fully saturated rings. The van der Waals surface area contributed by atoms with Crippen molar-refractivity contribution < 1.29 is 23.9 Å². The highest BCUT2D eigenvalue weighted by Gasteiger charge is 2.48. The Morgan fingerprint density at radius 3 is 2.14 bits per heavy atom. The maximum absolute atomic E-state index is 13.0. The van der Waals surface area contributed by atoms with Crippen molar-refractivity contribution in [3.8, 4) is 0 Å². The van der Waals surface area contributed by atoms with Crippen LogP contribution in [-0.2, 0) is 25.7 Å². The van der Waals surface area contributed by atoms with E-state index in [1.165, 1.54) is 0 Å². The van der Waals surface area contributed by atoms with E-state index in [2.05, 4.69) is 5.32 Å². The van der Waals surface area contributed by atoms with Crippen molar-refractivity contribution in [3.05, 3.63) is 35.9 Å². The number of hydrogen-bond acceptors (Lipinski definition) is 5. The lowest BCUT2D eigenvalue weighted by Gasteiger charge is -2.27. The SMILES string of the molecule is CC(C)(C)OC(=O)CC(=O)[C@@H](NC(=O)OCc1ccccc1)C(C1CC1)C1CC1. The van der Waals surface area contributed by atoms with E-state index in [0.717, 1.165) is 31.2 Å². The fourth-order valence-electron chi connectivity index (χ4n) is 3.80. The van der Waals surface area contributed by atoms with E-state index in [-0.39, 0.29) is 24.7 Å². The van der Waals surface area contributed by atoms with E-state index in [4.69, 9.17) is 9.47 Å². The molecule has 0 unspecified atom stereocenters. The number of nitrogens with one attached hydrogen (secondary N) is 1. The second-order valence-electron chi connectivity index (χ2n) is 9.17. The minimum atomic E-state index is -0.703. The third-order valence-corrected chi connectivity index (χ3v) is 5.29. The number of carbonyl (C=O) groups excluding carboxylic acids is 3. The van der Waals surface area contributed by atoms with Crippen LogP contribution >= 0.6 is 0 Å². The summed E-state index contributed by atoms with van der Waals surface area (Å²) in [5.74, 6) is 0.0974. The molecule has 2 aliphatic rings. The number of hydrogen-bond donors (Lipinski definition) is 1. The largest absolute Gasteiger partial charge is 0.460 e. The number of alkyl carbamates (subject to hydrolysis) is 1. The fraction of sp³-hybridized carbons (Fsp3) is 0.609. The van der Waals surface area contributed by atoms with Crippen molar-refractivity contribution in [3.63, 3.8) is 0 Å². The highest BCUT2D eigenvalue weighted by Crippen LogP contribution is 2.51. The molecule has 0 spiro atoms. The van der Waals surface area contributed by atoms with Gasteiger partial charge in [-0.15, -0.1) is 0 Å². The van der Waals surface area contributed by atoms with Gasteiger partial charge in [0.25, 0.3) is 0 Å². The summed E-state index contributed by atoms with van der Waals surface area (Å²) < 4.78 is 10.6. The Balaban J connectivity index is 1.63. The van der Waals surface area contributed by atoms with Gasteiger partial charge >= 0.3 is 12.1 Å². The first-order valence-electron chi connectivity index (χ1n) is 10.4. The monoisotopic (exact) mass is 401 g/mol. The van der Waals surface area contributed by atoms with Gasteiger partial charge in [-0.1, -0.05) is 30.3 Å². The summed E-state index contributed by atoms with van der Waals surface area (Å²) in [5.41, 5.74) is 0.224. The molecule has 1 atom stereocenters. The predicted octanol–water partition coefficient (Wildman–Crippen LogP) is 4.02. The molecule has 0 radical (unpaired) electrons. The maximum atomic E-state index is 13.0. The molecule has 0 aliphatic heterocycles. The van der Waals surface area contributed by atoms with Crippen molar-refractivity contribution in [2.24, 2.45) is 17.8 Å². The molecule has 1 aromatic rings. The van der Waals surface area contributed by atoms with E-state index in [0.29, 0.717) is 11.8 Å². The Morgan fingerprint density at radius 2 is 1.62 bits per heavy atom. The van der Waals surface area contributed by atoms with Gasteiger partial charge in [-0.2, -0.15) is 0 Å². The van der Waals surface area contributed by atoms with Crippen LogP contribution in [0.25, 0.3) is 0 Å². The first kappa shape index (κ1) is 21.3. The van der Waals surface area contributed by atoms with E-state index in [1.54, 1.807) is 20.8 Å². The summed E-state index contributed by atoms with van der Waals surface area (Å²) in [7, 11) is 0. The van der Waals surface area contributed by atoms with Crippen LogP contribution in [0.1, 0.15) is 58.4 Å². The third-order valence-electron chi connectivity index (χ3n) is 5.29. The van der Waals surface area contributed by atoms with Crippen LogP contribution in [0.5, 0.6) is 0 Å². The van der Waals surface area contributed by atoms with Crippen molar-refractivity contribution >= 4 is 17.8 Å². The van der Waals surface area contributed by atoms with Crippen LogP contribution in [0.4, 0.5) is 4.79 Å². The Labute approximate surface area is 172 Å². The zero-order valence-electron chi connectivity index (χ0n) is 17.5. The molecular weight excluding hydrogens is 370 g/mol. The number of ether oxygens (including phenoxy) is 2. The molecule has 0 saturated heterocycles. The maximum Gasteiger partial charge on any atom is 0.408 e. The summed E-state index contributed by atoms with van der Waals surface area (Å²) >= 11 is 0. The normalized spacial score (nSPS) is 17.5. The van der Waals surface area contributed by atoms with Crippen LogP contribution in [0, 0.1) is 17.8 Å². The average Bonchev–Trinajstić information content (AvgIpc) is 3.52. The molecule has 6 nitrogen and oxygen atoms in total. The number of esters is 1. The summed E-state index contributed by atoms with van der Waals surface area (Å²) in [6.07, 6.45) is 3.31. The molecule has 1 N–H and O–H groups in total. The zero-order chi connectivity index (χ0) is 21.0. The molecule has 0 aromatic heterocycles. The zero-order valence-corrected chi connectivity index (χ0v) is 17.5. The van der Waals surface area contributed by atoms with Gasteiger partial charge in [0.1, 0.15) is 18.6 Å². The number of ketones is 1. The van der Waals surface area contributed by atoms with Gasteiger partial charge < -0.3 is 14.8 Å². The van der Waals surface area contributed by atoms with Crippen LogP contribution in [-0.4, -0.2) is 29.5 Å². The van der Waals surface area contributed by atoms with Crippen LogP contribution in [0.2, 0.25) is 0 Å². The highest BCUT2D eigenvalue weighted by atomic mass is 16.6. The van der Waals surface area contributed by atoms with Crippen molar-refractivity contribution in [2.75, 3.05) is 0 Å². The van der Waals surface area contributed by atoms with Crippen molar-refractivity contribution in [1.82, 2.24) is 5.32 Å². The van der Waals surface area contributed by atoms with Gasteiger partial charge in [0.05, 0.1) is 6.04 Å². The predicted molar refractivity (Wildman–Crippen MR) is 108 cm³/mol. The molecule has 1 aromatic carbocycles. The molecule has 6 heteroatoms. The lowest BCUT2D eigenvalue weighted by atomic mass is 9.86. The highest BCUT2D eigenvalue weighted by molar-refractivity contribution is 6.00. The van der Waals surface area contributed by atoms with Gasteiger partial charge in [0, 0.05) is 0 Å². The lowest BCUT2D eigenvalue weighted by molar-refractivity contribution is -0.156. The number of benzene rings is 1. The molecule has 0 bridgehead atoms. The van der Waals surface area contributed by atoms with E-state index in [1.807, 2.05) is 30.3 Å². The van der Waals surface area contributed by atoms with Gasteiger partial charge in [-0.3, -0.25) is 9.59 Å². The molecule has 0 heterocycles. The first-order chi connectivity index (χ1) is 13.7. The summed E-state index contributed by atoms with van der Waals surface area (Å²) in [6, 6.07) is 8.68. The van der Waals surface area contributed by atoms with Gasteiger partial charge in [0.2, 0.25) is 0 Å². The minimum absolute atomic E-state index is 0.0780. The van der Waals surface area contributed by atoms with Gasteiger partial charge in [-0.25, -0.2) is 4.79 Å². The topological polar surface area (TPSA) is 81.7 Å². The Hall–Kier alpha value is -2.37. The van der Waals surface area contributed by atoms with Crippen molar-refractivity contribution in [1.29, 1.82) is 0 Å². The average molecular weight is 402 g/mol. The van der Waals surface area contributed by atoms with Crippen LogP contribution in [0.15, 0.2) is 30.3 Å². The second-order valence-corrected chi connectivity index (χ2v) is 9.17. The molecule has 158 valence electrons. The first-order valence-corrected chi connectivity index (χ1v) is 10.4. The minimum Gasteiger partial charge on any atom is -0.460 e. The molecule has 2 aliphatic carbocycles. The number of carbonyl (C=O) groups is 3. The van der Waals surface area contributed by atoms with Gasteiger partial charge in [-0.05, 0) is 69.8 Å². The van der Waals surface area contributed by atoms with E-state index < -0.39 is 23.7 Å². The standard InChI is InChI=1S/C23H31NO5/c1-23(2,3)29-19(26)13-18(25)21(20(16-9-10-16)17-11-12-17)24-22(27)28-14-15-7-5-4-6-8-15/h4-8,16-17,20-21H,9-14H2,1-3H3,(H,24,27)/t21-/m1/s1. The summed E-state index contributed by atoms with van der Waals surface area (Å²) in [5, 5.41) is 2.78. The second kappa shape index (κ2) is 8.97. The van der Waals surface area contributed by atoms with Gasteiger partial charge in [0.15, 0.2) is 5.78 Å².